The van der Waals surface area contributed by atoms with E-state index in [2.05, 4.69) is 15.0 Å². The van der Waals surface area contributed by atoms with Crippen LogP contribution in [-0.2, 0) is 10.2 Å². The Kier molecular flexibility index (Phi) is 5.09. The van der Waals surface area contributed by atoms with Crippen LogP contribution in [0, 0.1) is 0 Å². The maximum absolute atomic E-state index is 13.2. The van der Waals surface area contributed by atoms with E-state index >= 15 is 0 Å². The highest BCUT2D eigenvalue weighted by Gasteiger charge is 2.20. The third-order valence-electron chi connectivity index (χ3n) is 4.41. The van der Waals surface area contributed by atoms with E-state index in [1.807, 2.05) is 39.8 Å². The van der Waals surface area contributed by atoms with Crippen LogP contribution < -0.4 is 16.5 Å². The van der Waals surface area contributed by atoms with Crippen molar-refractivity contribution < 1.29 is 4.74 Å². The second-order valence-corrected chi connectivity index (χ2v) is 7.43. The molecule has 7 nitrogen and oxygen atoms in total. The molecule has 0 atom stereocenters. The van der Waals surface area contributed by atoms with Crippen molar-refractivity contribution in [3.8, 4) is 0 Å². The number of aromatic nitrogens is 4. The summed E-state index contributed by atoms with van der Waals surface area (Å²) < 4.78 is 6.79. The number of nitrogens with zero attached hydrogens (tertiary/aromatic N) is 2. The molecule has 3 rings (SSSR count). The van der Waals surface area contributed by atoms with E-state index < -0.39 is 0 Å². The van der Waals surface area contributed by atoms with Crippen LogP contribution in [0.15, 0.2) is 46.3 Å². The molecule has 0 spiro atoms. The summed E-state index contributed by atoms with van der Waals surface area (Å²) in [4.78, 5) is 35.8. The fourth-order valence-electron chi connectivity index (χ4n) is 3.08. The normalized spacial score (nSPS) is 13.8. The fourth-order valence-corrected chi connectivity index (χ4v) is 3.08. The third kappa shape index (κ3) is 3.43. The first-order valence-electron chi connectivity index (χ1n) is 8.98. The van der Waals surface area contributed by atoms with Crippen molar-refractivity contribution in [3.05, 3.63) is 79.8 Å². The molecule has 3 aromatic heterocycles. The summed E-state index contributed by atoms with van der Waals surface area (Å²) in [6.45, 7) is 8.02. The van der Waals surface area contributed by atoms with Crippen LogP contribution in [0.25, 0.3) is 17.4 Å². The molecule has 0 fully saturated rings. The summed E-state index contributed by atoms with van der Waals surface area (Å²) in [6.07, 6.45) is 8.59. The van der Waals surface area contributed by atoms with E-state index in [0.717, 1.165) is 5.69 Å². The monoisotopic (exact) mass is 380 g/mol. The van der Waals surface area contributed by atoms with Gasteiger partial charge in [-0.15, -0.1) is 0 Å². The number of fused-ring (bicyclic) bond motifs is 1. The minimum atomic E-state index is -0.355. The lowest BCUT2D eigenvalue weighted by atomic mass is 9.90. The third-order valence-corrected chi connectivity index (χ3v) is 4.41. The van der Waals surface area contributed by atoms with Crippen LogP contribution in [0.3, 0.4) is 0 Å². The maximum Gasteiger partial charge on any atom is 0.279 e. The highest BCUT2D eigenvalue weighted by atomic mass is 16.5. The van der Waals surface area contributed by atoms with E-state index in [1.54, 1.807) is 30.6 Å². The van der Waals surface area contributed by atoms with Crippen LogP contribution in [0.1, 0.15) is 44.8 Å². The molecule has 0 aliphatic carbocycles. The van der Waals surface area contributed by atoms with Gasteiger partial charge in [-0.1, -0.05) is 32.9 Å². The first-order valence-corrected chi connectivity index (χ1v) is 8.98. The molecule has 0 aliphatic rings. The van der Waals surface area contributed by atoms with Gasteiger partial charge in [-0.25, -0.2) is 4.98 Å². The number of rotatable bonds is 4. The van der Waals surface area contributed by atoms with Gasteiger partial charge in [-0.2, -0.15) is 0 Å². The number of imidazole rings is 1. The fraction of sp³-hybridized carbons (Fsp3) is 0.286. The predicted molar refractivity (Wildman–Crippen MR) is 110 cm³/mol. The smallest absolute Gasteiger partial charge is 0.279 e. The number of ether oxygens (including phenoxy) is 1. The second kappa shape index (κ2) is 7.34. The van der Waals surface area contributed by atoms with Gasteiger partial charge >= 0.3 is 0 Å². The van der Waals surface area contributed by atoms with Crippen molar-refractivity contribution in [1.29, 1.82) is 0 Å². The zero-order valence-corrected chi connectivity index (χ0v) is 16.7. The number of hydrogen-bond donors (Lipinski definition) is 2. The Hall–Kier alpha value is -3.35. The summed E-state index contributed by atoms with van der Waals surface area (Å²) >= 11 is 0. The van der Waals surface area contributed by atoms with Gasteiger partial charge in [-0.05, 0) is 31.2 Å². The van der Waals surface area contributed by atoms with Gasteiger partial charge in [0.2, 0.25) is 0 Å². The summed E-state index contributed by atoms with van der Waals surface area (Å²) in [5.74, 6) is 0.488. The average molecular weight is 380 g/mol. The lowest BCUT2D eigenvalue weighted by Crippen LogP contribution is -2.40. The molecule has 2 N–H and O–H groups in total. The van der Waals surface area contributed by atoms with E-state index in [4.69, 9.17) is 4.74 Å². The number of methoxy groups -OCH3 is 1. The average Bonchev–Trinajstić information content (AvgIpc) is 3.27. The van der Waals surface area contributed by atoms with Crippen molar-refractivity contribution in [1.82, 2.24) is 19.4 Å². The first kappa shape index (κ1) is 19.4. The van der Waals surface area contributed by atoms with E-state index in [1.165, 1.54) is 11.5 Å². The number of allylic oxidation sites excluding steroid dienone is 3. The molecule has 0 aromatic carbocycles. The van der Waals surface area contributed by atoms with Gasteiger partial charge in [0.05, 0.1) is 24.8 Å². The molecule has 0 bridgehead atoms. The van der Waals surface area contributed by atoms with E-state index in [9.17, 15) is 9.59 Å². The van der Waals surface area contributed by atoms with Crippen LogP contribution in [0.5, 0.6) is 0 Å². The van der Waals surface area contributed by atoms with E-state index in [0.29, 0.717) is 17.1 Å². The van der Waals surface area contributed by atoms with Crippen molar-refractivity contribution in [2.24, 2.45) is 0 Å². The standard InChI is InChI=1S/C21H24N4O3/c1-6-7-8-17(28-5)15-9-10-16-19(26)24-14(20(27)25(15)16)11-13-18(21(2,3)4)23-12-22-13/h6-12H,1-5H3,(H,22,23)(H,24,26)/b7-6-,14-11-,17-8+. The molecule has 3 heterocycles. The maximum atomic E-state index is 13.2. The zero-order chi connectivity index (χ0) is 20.5. The summed E-state index contributed by atoms with van der Waals surface area (Å²) in [7, 11) is 1.53. The van der Waals surface area contributed by atoms with Crippen molar-refractivity contribution in [2.45, 2.75) is 33.1 Å². The molecule has 28 heavy (non-hydrogen) atoms. The first-order chi connectivity index (χ1) is 13.3. The Balaban J connectivity index is 2.32. The minimum absolute atomic E-state index is 0.161. The Morgan fingerprint density at radius 1 is 1.25 bits per heavy atom. The SMILES string of the molecule is C/C=C\C=C(\OC)c1ccc2c(=O)[nH]/c(=C\c3nc[nH]c3C(C)(C)C)c(=O)n12. The number of H-pyrrole nitrogens is 2. The van der Waals surface area contributed by atoms with Crippen LogP contribution in [0.4, 0.5) is 0 Å². The summed E-state index contributed by atoms with van der Waals surface area (Å²) in [6, 6.07) is 3.31. The molecule has 0 aliphatic heterocycles. The number of hydrogen-bond acceptors (Lipinski definition) is 4. The topological polar surface area (TPSA) is 92.2 Å². The number of nitrogens with one attached hydrogen (secondary N) is 2. The predicted octanol–water partition coefficient (Wildman–Crippen LogP) is 2.12. The van der Waals surface area contributed by atoms with Crippen molar-refractivity contribution in [2.75, 3.05) is 7.11 Å². The highest BCUT2D eigenvalue weighted by molar-refractivity contribution is 5.64. The molecule has 7 heteroatoms. The van der Waals surface area contributed by atoms with Crippen molar-refractivity contribution in [3.63, 3.8) is 0 Å². The largest absolute Gasteiger partial charge is 0.495 e. The molecule has 146 valence electrons. The zero-order valence-electron chi connectivity index (χ0n) is 16.7. The minimum Gasteiger partial charge on any atom is -0.495 e. The highest BCUT2D eigenvalue weighted by Crippen LogP contribution is 2.23. The molecule has 0 saturated heterocycles. The van der Waals surface area contributed by atoms with Crippen LogP contribution in [-0.4, -0.2) is 26.5 Å². The van der Waals surface area contributed by atoms with Gasteiger partial charge in [0, 0.05) is 11.1 Å². The van der Waals surface area contributed by atoms with Gasteiger partial charge in [0.15, 0.2) is 0 Å². The molecular formula is C21H24N4O3. The van der Waals surface area contributed by atoms with E-state index in [-0.39, 0.29) is 27.4 Å². The Labute approximate surface area is 162 Å². The van der Waals surface area contributed by atoms with Crippen LogP contribution in [0.2, 0.25) is 0 Å². The molecular weight excluding hydrogens is 356 g/mol. The van der Waals surface area contributed by atoms with Crippen molar-refractivity contribution >= 4 is 17.4 Å². The van der Waals surface area contributed by atoms with Gasteiger partial charge in [0.1, 0.15) is 16.6 Å². The Morgan fingerprint density at radius 3 is 2.64 bits per heavy atom. The molecule has 0 unspecified atom stereocenters. The lowest BCUT2D eigenvalue weighted by molar-refractivity contribution is 0.367. The van der Waals surface area contributed by atoms with Crippen LogP contribution >= 0.6 is 0 Å². The lowest BCUT2D eigenvalue weighted by Gasteiger charge is -2.16. The Morgan fingerprint density at radius 2 is 2.00 bits per heavy atom. The summed E-state index contributed by atoms with van der Waals surface area (Å²) in [5, 5.41) is 0.161. The van der Waals surface area contributed by atoms with Gasteiger partial charge in [0.25, 0.3) is 11.1 Å². The molecule has 0 radical (unpaired) electrons. The molecule has 3 aromatic rings. The quantitative estimate of drug-likeness (QED) is 0.536. The Bertz CT molecular complexity index is 1230. The number of aromatic amines is 2. The second-order valence-electron chi connectivity index (χ2n) is 7.43. The van der Waals surface area contributed by atoms with Gasteiger partial charge < -0.3 is 14.7 Å². The summed E-state index contributed by atoms with van der Waals surface area (Å²) in [5.41, 5.74) is 1.38. The van der Waals surface area contributed by atoms with Gasteiger partial charge in [-0.3, -0.25) is 14.0 Å². The molecule has 0 saturated carbocycles. The molecule has 0 amide bonds.